The Balaban J connectivity index is 0.000000277. The number of alkyl halides is 4. The van der Waals surface area contributed by atoms with E-state index in [2.05, 4.69) is 24.9 Å². The molecule has 268 valence electrons. The zero-order chi connectivity index (χ0) is 36.1. The highest BCUT2D eigenvalue weighted by Crippen LogP contribution is 2.47. The number of benzene rings is 2. The van der Waals surface area contributed by atoms with Gasteiger partial charge in [0.2, 0.25) is 0 Å². The van der Waals surface area contributed by atoms with E-state index in [1.807, 2.05) is 6.92 Å². The van der Waals surface area contributed by atoms with E-state index in [0.717, 1.165) is 45.6 Å². The molecular formula is C32H31ClF5N5O7. The predicted molar refractivity (Wildman–Crippen MR) is 168 cm³/mol. The molecule has 1 aliphatic heterocycles. The molecule has 0 bridgehead atoms. The molecule has 3 heterocycles. The van der Waals surface area contributed by atoms with E-state index in [1.165, 1.54) is 6.07 Å². The van der Waals surface area contributed by atoms with E-state index in [9.17, 15) is 41.4 Å². The number of nitrogens with one attached hydrogen (secondary N) is 1. The van der Waals surface area contributed by atoms with Crippen molar-refractivity contribution in [3.63, 3.8) is 0 Å². The number of hydrogen-bond acceptors (Lipinski definition) is 9. The summed E-state index contributed by atoms with van der Waals surface area (Å²) in [5.74, 6) is -4.12. The molecule has 0 spiro atoms. The number of carbonyl (C=O) groups is 3. The van der Waals surface area contributed by atoms with Gasteiger partial charge >= 0.3 is 24.2 Å². The number of carboxylic acid groups (broad SMARTS) is 1. The fourth-order valence-corrected chi connectivity index (χ4v) is 5.26. The standard InChI is InChI=1S/C23H23FN4O5.C9H7F4NO2.ClH/c1-11-12-7-8-16(14(12)6-5-13(11)22(32)33-23(2,3)4)27-20(29)18-9-17(21(30)31)26-19-15(24)10-25-28(18)19;10-8(11)9(12,13)16-7-3-5(4-14)1-2-6(7)15-8;/h5-6,9-10,16H,7-8H2,1-4H3,(H,27,29)(H,30,31);1-3H,4,14H2;1H/t16-;;/m0../s1. The van der Waals surface area contributed by atoms with Crippen LogP contribution >= 0.6 is 12.4 Å². The number of esters is 1. The largest absolute Gasteiger partial charge is 0.507 e. The van der Waals surface area contributed by atoms with E-state index in [4.69, 9.17) is 10.5 Å². The Bertz CT molecular complexity index is 1980. The van der Waals surface area contributed by atoms with E-state index in [-0.39, 0.29) is 36.3 Å². The van der Waals surface area contributed by atoms with Crippen molar-refractivity contribution in [3.8, 4) is 11.5 Å². The fraction of sp³-hybridized carbons (Fsp3) is 0.344. The maximum atomic E-state index is 14.0. The second-order valence-corrected chi connectivity index (χ2v) is 12.2. The molecule has 1 amide bonds. The molecule has 50 heavy (non-hydrogen) atoms. The summed E-state index contributed by atoms with van der Waals surface area (Å²) in [5.41, 5.74) is 7.28. The third kappa shape index (κ3) is 7.42. The van der Waals surface area contributed by atoms with Crippen molar-refractivity contribution in [2.45, 2.75) is 70.9 Å². The molecule has 0 saturated heterocycles. The molecule has 2 aromatic heterocycles. The first-order valence-electron chi connectivity index (χ1n) is 14.7. The number of aromatic carboxylic acids is 1. The van der Waals surface area contributed by atoms with Crippen molar-refractivity contribution in [2.75, 3.05) is 0 Å². The van der Waals surface area contributed by atoms with Crippen LogP contribution in [0.1, 0.15) is 86.8 Å². The molecule has 18 heteroatoms. The molecule has 4 N–H and O–H groups in total. The van der Waals surface area contributed by atoms with Crippen LogP contribution in [0.15, 0.2) is 42.6 Å². The first-order chi connectivity index (χ1) is 22.8. The summed E-state index contributed by atoms with van der Waals surface area (Å²) in [4.78, 5) is 40.7. The van der Waals surface area contributed by atoms with Gasteiger partial charge in [-0.1, -0.05) is 12.1 Å². The monoisotopic (exact) mass is 727 g/mol. The first kappa shape index (κ1) is 37.8. The van der Waals surface area contributed by atoms with Gasteiger partial charge in [-0.2, -0.15) is 22.7 Å². The van der Waals surface area contributed by atoms with Crippen LogP contribution in [0.5, 0.6) is 11.5 Å². The molecular weight excluding hydrogens is 697 g/mol. The van der Waals surface area contributed by atoms with Gasteiger partial charge in [-0.05, 0) is 81.0 Å². The molecule has 1 atom stereocenters. The van der Waals surface area contributed by atoms with Crippen LogP contribution in [0.4, 0.5) is 22.0 Å². The smallest absolute Gasteiger partial charge is 0.477 e. The number of carbonyl (C=O) groups excluding carboxylic acids is 2. The topological polar surface area (TPSA) is 167 Å². The zero-order valence-corrected chi connectivity index (χ0v) is 27.7. The Morgan fingerprint density at radius 3 is 2.36 bits per heavy atom. The minimum absolute atomic E-state index is 0. The van der Waals surface area contributed by atoms with Gasteiger partial charge < -0.3 is 30.4 Å². The lowest BCUT2D eigenvalue weighted by Gasteiger charge is -2.31. The summed E-state index contributed by atoms with van der Waals surface area (Å²) in [5, 5.41) is 16.0. The molecule has 2 aromatic carbocycles. The average Bonchev–Trinajstić information content (AvgIpc) is 3.59. The van der Waals surface area contributed by atoms with Crippen LogP contribution in [0.25, 0.3) is 5.65 Å². The highest BCUT2D eigenvalue weighted by Gasteiger charge is 2.65. The third-order valence-corrected chi connectivity index (χ3v) is 7.56. The van der Waals surface area contributed by atoms with Crippen molar-refractivity contribution < 1.29 is 55.7 Å². The number of aromatic nitrogens is 3. The van der Waals surface area contributed by atoms with Crippen molar-refractivity contribution in [1.29, 1.82) is 0 Å². The van der Waals surface area contributed by atoms with Gasteiger partial charge in [-0.3, -0.25) is 4.79 Å². The maximum Gasteiger partial charge on any atom is 0.507 e. The third-order valence-electron chi connectivity index (χ3n) is 7.56. The van der Waals surface area contributed by atoms with Crippen LogP contribution in [-0.4, -0.2) is 55.4 Å². The van der Waals surface area contributed by atoms with E-state index in [0.29, 0.717) is 24.0 Å². The first-order valence-corrected chi connectivity index (χ1v) is 14.7. The normalized spacial score (nSPS) is 16.7. The second kappa shape index (κ2) is 13.7. The van der Waals surface area contributed by atoms with Gasteiger partial charge in [0.25, 0.3) is 5.91 Å². The van der Waals surface area contributed by atoms with Crippen molar-refractivity contribution in [3.05, 3.63) is 87.6 Å². The summed E-state index contributed by atoms with van der Waals surface area (Å²) < 4.78 is 79.2. The van der Waals surface area contributed by atoms with Crippen LogP contribution in [0.2, 0.25) is 0 Å². The predicted octanol–water partition coefficient (Wildman–Crippen LogP) is 5.77. The number of nitrogens with zero attached hydrogens (tertiary/aromatic N) is 3. The lowest BCUT2D eigenvalue weighted by atomic mass is 9.97. The minimum Gasteiger partial charge on any atom is -0.477 e. The SMILES string of the molecule is Cc1c(C(=O)OC(C)(C)C)ccc2c1CC[C@@H]2NC(=O)c1cc(C(=O)O)nc2c(F)cnn12.Cl.NCc1ccc2c(c1)OC(F)(F)C(F)(F)O2. The number of fused-ring (bicyclic) bond motifs is 3. The molecule has 6 rings (SSSR count). The Kier molecular flexibility index (Phi) is 10.4. The summed E-state index contributed by atoms with van der Waals surface area (Å²) in [6.07, 6.45) is -7.26. The van der Waals surface area contributed by atoms with E-state index in [1.54, 1.807) is 32.9 Å². The quantitative estimate of drug-likeness (QED) is 0.170. The summed E-state index contributed by atoms with van der Waals surface area (Å²) in [6.45, 7) is 7.34. The van der Waals surface area contributed by atoms with Gasteiger partial charge in [-0.15, -0.1) is 12.4 Å². The molecule has 0 radical (unpaired) electrons. The number of amides is 1. The average molecular weight is 728 g/mol. The van der Waals surface area contributed by atoms with Gasteiger partial charge in [0.15, 0.2) is 28.7 Å². The van der Waals surface area contributed by atoms with Crippen LogP contribution in [0, 0.1) is 12.7 Å². The fourth-order valence-electron chi connectivity index (χ4n) is 5.26. The Hall–Kier alpha value is -5.03. The highest BCUT2D eigenvalue weighted by atomic mass is 35.5. The Labute approximate surface area is 287 Å². The zero-order valence-electron chi connectivity index (χ0n) is 26.9. The van der Waals surface area contributed by atoms with E-state index < -0.39 is 58.7 Å². The number of carboxylic acids is 1. The number of hydrogen-bond donors (Lipinski definition) is 3. The summed E-state index contributed by atoms with van der Waals surface area (Å²) >= 11 is 0. The number of ether oxygens (including phenoxy) is 3. The maximum absolute atomic E-state index is 14.0. The van der Waals surface area contributed by atoms with Gasteiger partial charge in [0.1, 0.15) is 11.3 Å². The molecule has 4 aromatic rings. The van der Waals surface area contributed by atoms with Crippen LogP contribution in [-0.2, 0) is 17.7 Å². The molecule has 0 fully saturated rings. The van der Waals surface area contributed by atoms with Crippen LogP contribution in [0.3, 0.4) is 0 Å². The lowest BCUT2D eigenvalue weighted by Crippen LogP contribution is -2.52. The molecule has 0 saturated carbocycles. The minimum atomic E-state index is -4.69. The van der Waals surface area contributed by atoms with Crippen LogP contribution < -0.4 is 20.5 Å². The number of rotatable bonds is 5. The molecule has 12 nitrogen and oxygen atoms in total. The van der Waals surface area contributed by atoms with Crippen molar-refractivity contribution >= 4 is 35.9 Å². The number of halogens is 6. The van der Waals surface area contributed by atoms with E-state index >= 15 is 0 Å². The lowest BCUT2D eigenvalue weighted by molar-refractivity contribution is -0.391. The Morgan fingerprint density at radius 2 is 1.74 bits per heavy atom. The summed E-state index contributed by atoms with van der Waals surface area (Å²) in [7, 11) is 0. The molecule has 0 unspecified atom stereocenters. The van der Waals surface area contributed by atoms with Crippen molar-refractivity contribution in [2.24, 2.45) is 5.73 Å². The second-order valence-electron chi connectivity index (χ2n) is 12.2. The Morgan fingerprint density at radius 1 is 1.08 bits per heavy atom. The summed E-state index contributed by atoms with van der Waals surface area (Å²) in [6, 6.07) is 7.81. The molecule has 2 aliphatic rings. The van der Waals surface area contributed by atoms with Gasteiger partial charge in [-0.25, -0.2) is 23.5 Å². The molecule has 1 aliphatic carbocycles. The van der Waals surface area contributed by atoms with Gasteiger partial charge in [0.05, 0.1) is 17.8 Å². The number of nitrogens with two attached hydrogens (primary N) is 1. The van der Waals surface area contributed by atoms with Gasteiger partial charge in [0, 0.05) is 12.6 Å². The highest BCUT2D eigenvalue weighted by molar-refractivity contribution is 5.96. The van der Waals surface area contributed by atoms with Crippen molar-refractivity contribution in [1.82, 2.24) is 19.9 Å².